The van der Waals surface area contributed by atoms with Crippen molar-refractivity contribution in [2.75, 3.05) is 18.1 Å². The lowest BCUT2D eigenvalue weighted by molar-refractivity contribution is -0.132. The lowest BCUT2D eigenvalue weighted by Crippen LogP contribution is -2.29. The number of halogens is 1. The van der Waals surface area contributed by atoms with Gasteiger partial charge in [0.05, 0.1) is 18.2 Å². The lowest BCUT2D eigenvalue weighted by Gasteiger charge is -2.23. The van der Waals surface area contributed by atoms with Crippen LogP contribution in [-0.4, -0.2) is 40.2 Å². The van der Waals surface area contributed by atoms with Gasteiger partial charge in [0.25, 0.3) is 5.78 Å². The number of ether oxygens (including phenoxy) is 2. The summed E-state index contributed by atoms with van der Waals surface area (Å²) in [6.07, 6.45) is 2.46. The van der Waals surface area contributed by atoms with Crippen molar-refractivity contribution < 1.29 is 28.6 Å². The van der Waals surface area contributed by atoms with Crippen LogP contribution < -0.4 is 14.4 Å². The van der Waals surface area contributed by atoms with Gasteiger partial charge in [-0.1, -0.05) is 66.9 Å². The number of carbonyl (C=O) groups excluding carboxylic acids is 2. The van der Waals surface area contributed by atoms with Crippen LogP contribution in [0, 0.1) is 5.82 Å². The number of benzene rings is 3. The van der Waals surface area contributed by atoms with Gasteiger partial charge in [0, 0.05) is 11.3 Å². The zero-order chi connectivity index (χ0) is 30.3. The molecule has 4 aromatic rings. The van der Waals surface area contributed by atoms with Gasteiger partial charge in [-0.2, -0.15) is 0 Å². The van der Waals surface area contributed by atoms with E-state index in [9.17, 15) is 19.1 Å². The SMILES string of the molecule is C=CCOc1cccc(C2/C(=C(\O)c3ccc(OCCC)cc3)C(=O)C(=O)N2c2nnc(SCc3ccc(F)cc3)s2)c1. The minimum Gasteiger partial charge on any atom is -0.507 e. The number of aliphatic hydroxyl groups is 1. The van der Waals surface area contributed by atoms with Crippen LogP contribution in [0.25, 0.3) is 5.76 Å². The summed E-state index contributed by atoms with van der Waals surface area (Å²) in [5.41, 5.74) is 1.72. The van der Waals surface area contributed by atoms with Crippen LogP contribution in [0.5, 0.6) is 11.5 Å². The summed E-state index contributed by atoms with van der Waals surface area (Å²) in [6.45, 7) is 6.49. The summed E-state index contributed by atoms with van der Waals surface area (Å²) >= 11 is 2.53. The highest BCUT2D eigenvalue weighted by Crippen LogP contribution is 2.44. The molecule has 8 nitrogen and oxygen atoms in total. The molecule has 0 radical (unpaired) electrons. The van der Waals surface area contributed by atoms with Gasteiger partial charge in [0.15, 0.2) is 4.34 Å². The quantitative estimate of drug-likeness (QED) is 0.0455. The van der Waals surface area contributed by atoms with E-state index in [-0.39, 0.29) is 28.9 Å². The molecule has 43 heavy (non-hydrogen) atoms. The molecule has 0 spiro atoms. The first-order chi connectivity index (χ1) is 20.9. The molecule has 1 aliphatic heterocycles. The van der Waals surface area contributed by atoms with Gasteiger partial charge in [-0.05, 0) is 66.1 Å². The van der Waals surface area contributed by atoms with Crippen molar-refractivity contribution in [1.82, 2.24) is 10.2 Å². The Hall–Kier alpha value is -4.48. The third-order valence-corrected chi connectivity index (χ3v) is 8.59. The molecular formula is C32H28FN3O5S2. The van der Waals surface area contributed by atoms with E-state index in [0.29, 0.717) is 39.3 Å². The van der Waals surface area contributed by atoms with Crippen LogP contribution in [0.2, 0.25) is 0 Å². The molecule has 5 rings (SSSR count). The van der Waals surface area contributed by atoms with Gasteiger partial charge in [-0.25, -0.2) is 4.39 Å². The standard InChI is InChI=1S/C32H28FN3O5S2/c1-3-16-40-24-14-10-21(11-15-24)28(37)26-27(22-6-5-7-25(18-22)41-17-4-2)36(30(39)29(26)38)31-34-35-32(43-31)42-19-20-8-12-23(33)13-9-20/h4-15,18,27,37H,2-3,16-17,19H2,1H3/b28-26+. The fourth-order valence-electron chi connectivity index (χ4n) is 4.44. The maximum Gasteiger partial charge on any atom is 0.301 e. The Labute approximate surface area is 256 Å². The molecule has 1 amide bonds. The van der Waals surface area contributed by atoms with E-state index >= 15 is 0 Å². The molecule has 0 bridgehead atoms. The van der Waals surface area contributed by atoms with Crippen molar-refractivity contribution >= 4 is 45.7 Å². The average molecular weight is 618 g/mol. The van der Waals surface area contributed by atoms with Crippen LogP contribution in [-0.2, 0) is 15.3 Å². The number of ketones is 1. The Morgan fingerprint density at radius 1 is 1.07 bits per heavy atom. The molecule has 220 valence electrons. The van der Waals surface area contributed by atoms with Crippen molar-refractivity contribution in [3.05, 3.63) is 114 Å². The molecule has 1 saturated heterocycles. The van der Waals surface area contributed by atoms with Crippen molar-refractivity contribution in [3.8, 4) is 11.5 Å². The maximum absolute atomic E-state index is 13.5. The first kappa shape index (κ1) is 30.0. The zero-order valence-corrected chi connectivity index (χ0v) is 24.9. The Balaban J connectivity index is 1.52. The first-order valence-corrected chi connectivity index (χ1v) is 15.3. The molecule has 3 aromatic carbocycles. The molecule has 1 N–H and O–H groups in total. The number of amides is 1. The van der Waals surface area contributed by atoms with Gasteiger partial charge in [-0.3, -0.25) is 14.5 Å². The smallest absolute Gasteiger partial charge is 0.301 e. The average Bonchev–Trinajstić information content (AvgIpc) is 3.60. The van der Waals surface area contributed by atoms with Crippen molar-refractivity contribution in [1.29, 1.82) is 0 Å². The number of thioether (sulfide) groups is 1. The number of anilines is 1. The predicted octanol–water partition coefficient (Wildman–Crippen LogP) is 6.95. The van der Waals surface area contributed by atoms with Crippen LogP contribution in [0.1, 0.15) is 36.1 Å². The highest BCUT2D eigenvalue weighted by atomic mass is 32.2. The molecule has 0 aliphatic carbocycles. The van der Waals surface area contributed by atoms with Crippen LogP contribution in [0.3, 0.4) is 0 Å². The Morgan fingerprint density at radius 2 is 1.84 bits per heavy atom. The number of hydrogen-bond acceptors (Lipinski definition) is 9. The molecule has 1 aliphatic rings. The van der Waals surface area contributed by atoms with E-state index in [4.69, 9.17) is 9.47 Å². The fourth-order valence-corrected chi connectivity index (χ4v) is 6.27. The van der Waals surface area contributed by atoms with E-state index in [1.165, 1.54) is 28.8 Å². The first-order valence-electron chi connectivity index (χ1n) is 13.5. The van der Waals surface area contributed by atoms with Gasteiger partial charge >= 0.3 is 5.91 Å². The third-order valence-electron chi connectivity index (χ3n) is 6.46. The molecule has 1 unspecified atom stereocenters. The molecule has 2 heterocycles. The molecule has 0 saturated carbocycles. The lowest BCUT2D eigenvalue weighted by atomic mass is 9.95. The van der Waals surface area contributed by atoms with E-state index in [0.717, 1.165) is 23.3 Å². The molecule has 11 heteroatoms. The second kappa shape index (κ2) is 13.7. The number of aromatic nitrogens is 2. The van der Waals surface area contributed by atoms with Crippen molar-refractivity contribution in [3.63, 3.8) is 0 Å². The van der Waals surface area contributed by atoms with Gasteiger partial charge in [-0.15, -0.1) is 10.2 Å². The van der Waals surface area contributed by atoms with E-state index in [1.54, 1.807) is 66.7 Å². The Bertz CT molecular complexity index is 1650. The third kappa shape index (κ3) is 6.79. The summed E-state index contributed by atoms with van der Waals surface area (Å²) in [5, 5.41) is 20.1. The maximum atomic E-state index is 13.5. The summed E-state index contributed by atoms with van der Waals surface area (Å²) < 4.78 is 25.2. The number of aliphatic hydroxyl groups excluding tert-OH is 1. The molecule has 1 fully saturated rings. The van der Waals surface area contributed by atoms with Crippen molar-refractivity contribution in [2.24, 2.45) is 0 Å². The second-order valence-electron chi connectivity index (χ2n) is 9.48. The predicted molar refractivity (Wildman–Crippen MR) is 165 cm³/mol. The minimum absolute atomic E-state index is 0.0798. The largest absolute Gasteiger partial charge is 0.507 e. The summed E-state index contributed by atoms with van der Waals surface area (Å²) in [4.78, 5) is 28.4. The number of Topliss-reactive ketones (excluding diaryl/α,β-unsaturated/α-hetero) is 1. The second-order valence-corrected chi connectivity index (χ2v) is 11.7. The normalized spacial score (nSPS) is 16.0. The summed E-state index contributed by atoms with van der Waals surface area (Å²) in [6, 6.07) is 18.8. The highest BCUT2D eigenvalue weighted by Gasteiger charge is 2.48. The van der Waals surface area contributed by atoms with E-state index in [2.05, 4.69) is 16.8 Å². The van der Waals surface area contributed by atoms with Crippen LogP contribution in [0.4, 0.5) is 9.52 Å². The fraction of sp³-hybridized carbons (Fsp3) is 0.188. The van der Waals surface area contributed by atoms with Gasteiger partial charge in [0.2, 0.25) is 5.13 Å². The molecular weight excluding hydrogens is 590 g/mol. The van der Waals surface area contributed by atoms with Crippen molar-refractivity contribution in [2.45, 2.75) is 29.5 Å². The Morgan fingerprint density at radius 3 is 2.56 bits per heavy atom. The van der Waals surface area contributed by atoms with E-state index < -0.39 is 17.7 Å². The monoisotopic (exact) mass is 617 g/mol. The number of carbonyl (C=O) groups is 2. The Kier molecular flexibility index (Phi) is 9.53. The zero-order valence-electron chi connectivity index (χ0n) is 23.2. The van der Waals surface area contributed by atoms with Gasteiger partial charge < -0.3 is 14.6 Å². The number of hydrogen-bond donors (Lipinski definition) is 1. The molecule has 1 aromatic heterocycles. The number of rotatable bonds is 12. The summed E-state index contributed by atoms with van der Waals surface area (Å²) in [7, 11) is 0. The van der Waals surface area contributed by atoms with Gasteiger partial charge in [0.1, 0.15) is 29.7 Å². The van der Waals surface area contributed by atoms with Crippen LogP contribution in [0.15, 0.2) is 95.4 Å². The van der Waals surface area contributed by atoms with Crippen LogP contribution >= 0.6 is 23.1 Å². The molecule has 1 atom stereocenters. The van der Waals surface area contributed by atoms with E-state index in [1.807, 2.05) is 6.92 Å². The summed E-state index contributed by atoms with van der Waals surface area (Å²) in [5.74, 6) is -0.671. The topological polar surface area (TPSA) is 102 Å². The number of nitrogens with zero attached hydrogens (tertiary/aromatic N) is 3. The minimum atomic E-state index is -0.994. The highest BCUT2D eigenvalue weighted by molar-refractivity contribution is 8.00.